The second-order valence-electron chi connectivity index (χ2n) is 10.4. The van der Waals surface area contributed by atoms with Crippen LogP contribution in [0.1, 0.15) is 60.5 Å². The van der Waals surface area contributed by atoms with E-state index in [1.165, 1.54) is 0 Å². The number of aliphatic hydroxyl groups is 1. The Labute approximate surface area is 218 Å². The summed E-state index contributed by atoms with van der Waals surface area (Å²) >= 11 is 0. The number of ketones is 4. The lowest BCUT2D eigenvalue weighted by Crippen LogP contribution is -2.68. The van der Waals surface area contributed by atoms with Crippen LogP contribution in [0.3, 0.4) is 0 Å². The van der Waals surface area contributed by atoms with Gasteiger partial charge in [-0.15, -0.1) is 6.58 Å². The zero-order valence-corrected chi connectivity index (χ0v) is 21.1. The number of rotatable bonds is 6. The second kappa shape index (κ2) is 9.79. The molecule has 38 heavy (non-hydrogen) atoms. The monoisotopic (exact) mass is 526 g/mol. The lowest BCUT2D eigenvalue weighted by atomic mass is 9.53. The van der Waals surface area contributed by atoms with E-state index in [1.54, 1.807) is 12.1 Å². The van der Waals surface area contributed by atoms with Crippen LogP contribution in [0.25, 0.3) is 0 Å². The maximum atomic E-state index is 13.8. The summed E-state index contributed by atoms with van der Waals surface area (Å²) in [6.07, 6.45) is 0.888. The molecule has 1 aromatic carbocycles. The summed E-state index contributed by atoms with van der Waals surface area (Å²) in [6.45, 7) is 7.32. The lowest BCUT2D eigenvalue weighted by molar-refractivity contribution is -0.175. The van der Waals surface area contributed by atoms with E-state index in [9.17, 15) is 39.0 Å². The molecule has 11 heteroatoms. The highest BCUT2D eigenvalue weighted by molar-refractivity contribution is 6.31. The fourth-order valence-corrected chi connectivity index (χ4v) is 6.05. The topological polar surface area (TPSA) is 190 Å². The van der Waals surface area contributed by atoms with Crippen molar-refractivity contribution >= 4 is 40.8 Å². The first-order valence-corrected chi connectivity index (χ1v) is 12.4. The molecule has 3 aliphatic rings. The van der Waals surface area contributed by atoms with E-state index in [1.807, 2.05) is 13.8 Å². The number of Topliss-reactive ketones (excluding diaryl/α,β-unsaturated/α-hetero) is 4. The Morgan fingerprint density at radius 3 is 2.53 bits per heavy atom. The molecule has 0 heterocycles. The zero-order valence-electron chi connectivity index (χ0n) is 21.1. The van der Waals surface area contributed by atoms with Crippen LogP contribution in [0, 0.1) is 23.7 Å². The molecule has 1 aromatic rings. The van der Waals surface area contributed by atoms with E-state index in [0.717, 1.165) is 0 Å². The number of hydrogen-bond donors (Lipinski definition) is 4. The first-order chi connectivity index (χ1) is 17.8. The van der Waals surface area contributed by atoms with Gasteiger partial charge in [0.2, 0.25) is 5.91 Å². The van der Waals surface area contributed by atoms with Crippen molar-refractivity contribution in [3.8, 4) is 5.75 Å². The number of carbonyl (C=O) groups is 6. The van der Waals surface area contributed by atoms with Crippen LogP contribution in [-0.4, -0.2) is 57.6 Å². The molecule has 0 aliphatic heterocycles. The number of primary amides is 1. The van der Waals surface area contributed by atoms with Crippen molar-refractivity contribution in [2.45, 2.75) is 51.0 Å². The van der Waals surface area contributed by atoms with Crippen LogP contribution in [0.4, 0.5) is 10.5 Å². The van der Waals surface area contributed by atoms with Crippen molar-refractivity contribution in [1.29, 1.82) is 0 Å². The number of nitrogens with two attached hydrogens (primary N) is 1. The summed E-state index contributed by atoms with van der Waals surface area (Å²) in [7, 11) is 0. The molecule has 0 saturated heterocycles. The summed E-state index contributed by atoms with van der Waals surface area (Å²) in [6, 6.07) is 1.55. The third-order valence-electron chi connectivity index (χ3n) is 7.85. The van der Waals surface area contributed by atoms with Gasteiger partial charge in [0.25, 0.3) is 0 Å². The first-order valence-electron chi connectivity index (χ1n) is 12.4. The minimum absolute atomic E-state index is 0.00891. The molecule has 2 saturated carbocycles. The number of amides is 2. The fourth-order valence-electron chi connectivity index (χ4n) is 6.05. The van der Waals surface area contributed by atoms with Gasteiger partial charge in [-0.05, 0) is 48.3 Å². The Morgan fingerprint density at radius 2 is 1.92 bits per heavy atom. The van der Waals surface area contributed by atoms with Gasteiger partial charge in [-0.3, -0.25) is 29.3 Å². The number of benzene rings is 1. The van der Waals surface area contributed by atoms with Gasteiger partial charge in [0.15, 0.2) is 34.7 Å². The van der Waals surface area contributed by atoms with Crippen LogP contribution in [-0.2, 0) is 30.3 Å². The summed E-state index contributed by atoms with van der Waals surface area (Å²) in [5, 5.41) is 24.8. The first kappa shape index (κ1) is 27.2. The van der Waals surface area contributed by atoms with Crippen LogP contribution < -0.4 is 11.1 Å². The molecule has 0 radical (unpaired) electrons. The molecule has 0 aromatic heterocycles. The number of phenolic OH excluding ortho intramolecular Hbond substituents is 1. The number of hydrogen-bond acceptors (Lipinski definition) is 9. The van der Waals surface area contributed by atoms with Crippen molar-refractivity contribution in [1.82, 2.24) is 0 Å². The van der Waals surface area contributed by atoms with Gasteiger partial charge < -0.3 is 20.7 Å². The molecular weight excluding hydrogens is 496 g/mol. The van der Waals surface area contributed by atoms with Crippen molar-refractivity contribution in [3.63, 3.8) is 0 Å². The average molecular weight is 527 g/mol. The Bertz CT molecular complexity index is 1280. The molecule has 4 rings (SSSR count). The van der Waals surface area contributed by atoms with Crippen LogP contribution >= 0.6 is 0 Å². The molecular formula is C27H30N2O9. The summed E-state index contributed by atoms with van der Waals surface area (Å²) in [5.41, 5.74) is 3.37. The molecule has 3 aliphatic carbocycles. The highest BCUT2D eigenvalue weighted by atomic mass is 16.5. The quantitative estimate of drug-likeness (QED) is 0.184. The van der Waals surface area contributed by atoms with E-state index in [2.05, 4.69) is 11.9 Å². The number of nitrogens with one attached hydrogen (secondary N) is 1. The lowest BCUT2D eigenvalue weighted by Gasteiger charge is -2.48. The van der Waals surface area contributed by atoms with Crippen molar-refractivity contribution in [3.05, 3.63) is 35.4 Å². The molecule has 202 valence electrons. The third kappa shape index (κ3) is 4.10. The Morgan fingerprint density at radius 1 is 1.24 bits per heavy atom. The Hall–Kier alpha value is -3.86. The SMILES string of the molecule is C=CCCOC(=O)Nc1cc(C(C)C)c2c(c1O)C(=O)C1C(=O)[C@]3(O)C(=O)C(C(N)=O)C(=O)C[C@@H]3C[C@@H]1C2. The van der Waals surface area contributed by atoms with E-state index < -0.39 is 76.6 Å². The summed E-state index contributed by atoms with van der Waals surface area (Å²) in [5.74, 6) is -11.1. The number of fused-ring (bicyclic) bond motifs is 3. The van der Waals surface area contributed by atoms with Gasteiger partial charge in [0.1, 0.15) is 5.75 Å². The third-order valence-corrected chi connectivity index (χ3v) is 7.85. The van der Waals surface area contributed by atoms with Gasteiger partial charge in [0.05, 0.1) is 23.8 Å². The second-order valence-corrected chi connectivity index (χ2v) is 10.4. The predicted molar refractivity (Wildman–Crippen MR) is 132 cm³/mol. The van der Waals surface area contributed by atoms with E-state index in [4.69, 9.17) is 10.5 Å². The van der Waals surface area contributed by atoms with Crippen molar-refractivity contribution < 1.29 is 43.7 Å². The normalized spacial score (nSPS) is 28.3. The maximum absolute atomic E-state index is 13.8. The largest absolute Gasteiger partial charge is 0.505 e. The van der Waals surface area contributed by atoms with Gasteiger partial charge in [0, 0.05) is 12.3 Å². The molecule has 2 amide bonds. The molecule has 0 bridgehead atoms. The molecule has 0 spiro atoms. The van der Waals surface area contributed by atoms with E-state index >= 15 is 0 Å². The fraction of sp³-hybridized carbons (Fsp3) is 0.481. The Kier molecular flexibility index (Phi) is 7.00. The smallest absolute Gasteiger partial charge is 0.411 e. The number of phenols is 1. The number of aromatic hydroxyl groups is 1. The average Bonchev–Trinajstić information content (AvgIpc) is 2.82. The standard InChI is InChI=1S/C27H30N2O9/c1-4-5-6-38-26(36)29-16-10-14(11(2)3)15-8-12-7-13-9-17(30)20(25(28)35)24(34)27(13,37)23(33)18(12)22(32)19(15)21(16)31/h4,10-13,18,20,31,37H,1,5-9H2,2-3H3,(H2,28,35)(H,29,36)/t12-,13+,18?,20?,27+/m1/s1. The van der Waals surface area contributed by atoms with Crippen molar-refractivity contribution in [2.24, 2.45) is 29.4 Å². The molecule has 5 N–H and O–H groups in total. The molecule has 5 atom stereocenters. The van der Waals surface area contributed by atoms with E-state index in [0.29, 0.717) is 17.5 Å². The van der Waals surface area contributed by atoms with Gasteiger partial charge >= 0.3 is 6.09 Å². The van der Waals surface area contributed by atoms with Gasteiger partial charge in [-0.1, -0.05) is 19.9 Å². The highest BCUT2D eigenvalue weighted by Gasteiger charge is 2.66. The predicted octanol–water partition coefficient (Wildman–Crippen LogP) is 1.57. The van der Waals surface area contributed by atoms with Gasteiger partial charge in [-0.2, -0.15) is 0 Å². The van der Waals surface area contributed by atoms with Crippen LogP contribution in [0.15, 0.2) is 18.7 Å². The minimum Gasteiger partial charge on any atom is -0.505 e. The minimum atomic E-state index is -2.72. The zero-order chi connectivity index (χ0) is 28.1. The van der Waals surface area contributed by atoms with Crippen LogP contribution in [0.5, 0.6) is 5.75 Å². The summed E-state index contributed by atoms with van der Waals surface area (Å²) < 4.78 is 5.03. The molecule has 2 fully saturated rings. The molecule has 11 nitrogen and oxygen atoms in total. The number of carbonyl (C=O) groups excluding carboxylic acids is 6. The summed E-state index contributed by atoms with van der Waals surface area (Å²) in [4.78, 5) is 77.0. The molecule has 2 unspecified atom stereocenters. The van der Waals surface area contributed by atoms with E-state index in [-0.39, 0.29) is 36.6 Å². The highest BCUT2D eigenvalue weighted by Crippen LogP contribution is 2.51. The Balaban J connectivity index is 1.76. The number of anilines is 1. The number of ether oxygens (including phenoxy) is 1. The van der Waals surface area contributed by atoms with Crippen molar-refractivity contribution in [2.75, 3.05) is 11.9 Å². The van der Waals surface area contributed by atoms with Gasteiger partial charge in [-0.25, -0.2) is 4.79 Å². The maximum Gasteiger partial charge on any atom is 0.411 e. The van der Waals surface area contributed by atoms with Crippen LogP contribution in [0.2, 0.25) is 0 Å².